The Hall–Kier alpha value is -0.730. The monoisotopic (exact) mass is 314 g/mol. The summed E-state index contributed by atoms with van der Waals surface area (Å²) >= 11 is 18.7. The van der Waals surface area contributed by atoms with Gasteiger partial charge in [-0.15, -0.1) is 0 Å². The van der Waals surface area contributed by atoms with Crippen LogP contribution in [-0.4, -0.2) is 10.9 Å². The van der Waals surface area contributed by atoms with Crippen LogP contribution >= 0.6 is 34.8 Å². The number of alkyl halides is 3. The molecule has 0 saturated heterocycles. The van der Waals surface area contributed by atoms with Crippen molar-refractivity contribution in [2.45, 2.75) is 9.39 Å². The van der Waals surface area contributed by atoms with E-state index in [0.29, 0.717) is 0 Å². The first-order valence-corrected chi connectivity index (χ1v) is 6.88. The van der Waals surface area contributed by atoms with Gasteiger partial charge in [-0.25, -0.2) is 0 Å². The maximum atomic E-state index is 6.23. The molecule has 0 amide bonds. The van der Waals surface area contributed by atoms with E-state index in [9.17, 15) is 0 Å². The van der Waals surface area contributed by atoms with Gasteiger partial charge < -0.3 is 4.74 Å². The molecular weight excluding hydrogens is 303 g/mol. The predicted molar refractivity (Wildman–Crippen MR) is 81.0 cm³/mol. The molecule has 0 spiro atoms. The SMILES string of the molecule is COC(c1ccccc1)(c1ccccc1)C(Cl)(Cl)Cl. The van der Waals surface area contributed by atoms with E-state index in [0.717, 1.165) is 11.1 Å². The second-order valence-electron chi connectivity index (χ2n) is 4.12. The lowest BCUT2D eigenvalue weighted by atomic mass is 9.87. The van der Waals surface area contributed by atoms with E-state index >= 15 is 0 Å². The Kier molecular flexibility index (Phi) is 4.42. The van der Waals surface area contributed by atoms with E-state index in [2.05, 4.69) is 0 Å². The van der Waals surface area contributed by atoms with Crippen LogP contribution in [0.1, 0.15) is 11.1 Å². The second-order valence-corrected chi connectivity index (χ2v) is 6.40. The number of ether oxygens (including phenoxy) is 1. The van der Waals surface area contributed by atoms with Crippen molar-refractivity contribution in [3.63, 3.8) is 0 Å². The molecule has 0 radical (unpaired) electrons. The Labute approximate surface area is 128 Å². The van der Waals surface area contributed by atoms with Crippen LogP contribution in [0.2, 0.25) is 0 Å². The maximum Gasteiger partial charge on any atom is 0.227 e. The third-order valence-electron chi connectivity index (χ3n) is 3.07. The fourth-order valence-electron chi connectivity index (χ4n) is 2.19. The normalized spacial score (nSPS) is 12.4. The molecule has 2 aromatic carbocycles. The number of methoxy groups -OCH3 is 1. The quantitative estimate of drug-likeness (QED) is 0.728. The fraction of sp³-hybridized carbons (Fsp3) is 0.200. The minimum atomic E-state index is -1.63. The van der Waals surface area contributed by atoms with Crippen molar-refractivity contribution in [3.8, 4) is 0 Å². The zero-order valence-electron chi connectivity index (χ0n) is 10.3. The number of benzene rings is 2. The lowest BCUT2D eigenvalue weighted by molar-refractivity contribution is 0.0253. The summed E-state index contributed by atoms with van der Waals surface area (Å²) in [5.74, 6) is 0. The molecule has 19 heavy (non-hydrogen) atoms. The van der Waals surface area contributed by atoms with Gasteiger partial charge in [0.2, 0.25) is 3.79 Å². The molecule has 0 heterocycles. The third-order valence-corrected chi connectivity index (χ3v) is 3.86. The van der Waals surface area contributed by atoms with Gasteiger partial charge in [0.15, 0.2) is 5.60 Å². The maximum absolute atomic E-state index is 6.23. The van der Waals surface area contributed by atoms with Crippen molar-refractivity contribution in [2.24, 2.45) is 0 Å². The highest BCUT2D eigenvalue weighted by molar-refractivity contribution is 6.68. The van der Waals surface area contributed by atoms with Crippen molar-refractivity contribution in [1.29, 1.82) is 0 Å². The standard InChI is InChI=1S/C15H13Cl3O/c1-19-14(15(16,17)18,12-8-4-2-5-9-12)13-10-6-3-7-11-13/h2-11H,1H3. The first-order valence-electron chi connectivity index (χ1n) is 5.75. The average molecular weight is 316 g/mol. The molecule has 2 aromatic rings. The summed E-state index contributed by atoms with van der Waals surface area (Å²) in [5.41, 5.74) is 0.451. The van der Waals surface area contributed by atoms with Gasteiger partial charge >= 0.3 is 0 Å². The molecule has 0 aliphatic rings. The van der Waals surface area contributed by atoms with Crippen LogP contribution in [0.3, 0.4) is 0 Å². The zero-order valence-corrected chi connectivity index (χ0v) is 12.6. The Morgan fingerprint density at radius 2 is 1.11 bits per heavy atom. The smallest absolute Gasteiger partial charge is 0.227 e. The average Bonchev–Trinajstić information content (AvgIpc) is 2.41. The molecule has 0 aliphatic carbocycles. The minimum Gasteiger partial charge on any atom is -0.364 e. The van der Waals surface area contributed by atoms with Gasteiger partial charge in [0.05, 0.1) is 0 Å². The van der Waals surface area contributed by atoms with Gasteiger partial charge in [-0.3, -0.25) is 0 Å². The molecule has 0 N–H and O–H groups in total. The summed E-state index contributed by atoms with van der Waals surface area (Å²) < 4.78 is 4.04. The van der Waals surface area contributed by atoms with Gasteiger partial charge in [0, 0.05) is 7.11 Å². The number of hydrogen-bond donors (Lipinski definition) is 0. The van der Waals surface area contributed by atoms with Gasteiger partial charge in [0.25, 0.3) is 0 Å². The van der Waals surface area contributed by atoms with Gasteiger partial charge in [-0.05, 0) is 11.1 Å². The Balaban J connectivity index is 2.70. The van der Waals surface area contributed by atoms with E-state index in [4.69, 9.17) is 39.5 Å². The van der Waals surface area contributed by atoms with E-state index < -0.39 is 9.39 Å². The van der Waals surface area contributed by atoms with Crippen LogP contribution in [0.5, 0.6) is 0 Å². The first-order chi connectivity index (χ1) is 9.02. The van der Waals surface area contributed by atoms with Crippen molar-refractivity contribution in [3.05, 3.63) is 71.8 Å². The highest BCUT2D eigenvalue weighted by Crippen LogP contribution is 2.51. The van der Waals surface area contributed by atoms with Crippen LogP contribution in [0.15, 0.2) is 60.7 Å². The highest BCUT2D eigenvalue weighted by atomic mass is 35.6. The molecule has 0 saturated carbocycles. The summed E-state index contributed by atoms with van der Waals surface area (Å²) in [5, 5.41) is 0. The molecule has 0 aliphatic heterocycles. The third kappa shape index (κ3) is 2.61. The molecule has 100 valence electrons. The zero-order chi connectivity index (χ0) is 13.9. The summed E-state index contributed by atoms with van der Waals surface area (Å²) in [6, 6.07) is 18.9. The molecule has 0 bridgehead atoms. The van der Waals surface area contributed by atoms with E-state index in [1.54, 1.807) is 7.11 Å². The summed E-state index contributed by atoms with van der Waals surface area (Å²) in [6.45, 7) is 0. The topological polar surface area (TPSA) is 9.23 Å². The van der Waals surface area contributed by atoms with Crippen molar-refractivity contribution in [1.82, 2.24) is 0 Å². The van der Waals surface area contributed by atoms with Crippen LogP contribution in [0.4, 0.5) is 0 Å². The van der Waals surface area contributed by atoms with Crippen LogP contribution in [-0.2, 0) is 10.3 Å². The van der Waals surface area contributed by atoms with Crippen molar-refractivity contribution < 1.29 is 4.74 Å². The molecule has 2 rings (SSSR count). The summed E-state index contributed by atoms with van der Waals surface area (Å²) in [6.07, 6.45) is 0. The Morgan fingerprint density at radius 1 is 0.737 bits per heavy atom. The van der Waals surface area contributed by atoms with E-state index in [1.807, 2.05) is 60.7 Å². The fourth-order valence-corrected chi connectivity index (χ4v) is 3.08. The molecule has 0 aromatic heterocycles. The van der Waals surface area contributed by atoms with Crippen LogP contribution in [0, 0.1) is 0 Å². The van der Waals surface area contributed by atoms with Crippen molar-refractivity contribution >= 4 is 34.8 Å². The Bertz CT molecular complexity index is 481. The number of halogens is 3. The van der Waals surface area contributed by atoms with Gasteiger partial charge in [-0.1, -0.05) is 95.5 Å². The number of hydrogen-bond acceptors (Lipinski definition) is 1. The van der Waals surface area contributed by atoms with Crippen molar-refractivity contribution in [2.75, 3.05) is 7.11 Å². The highest BCUT2D eigenvalue weighted by Gasteiger charge is 2.51. The first kappa shape index (κ1) is 14.7. The second kappa shape index (κ2) is 5.72. The molecule has 0 unspecified atom stereocenters. The summed E-state index contributed by atoms with van der Waals surface area (Å²) in [7, 11) is 1.54. The lowest BCUT2D eigenvalue weighted by Gasteiger charge is -2.39. The largest absolute Gasteiger partial charge is 0.364 e. The predicted octanol–water partition coefficient (Wildman–Crippen LogP) is 4.95. The van der Waals surface area contributed by atoms with Crippen LogP contribution in [0.25, 0.3) is 0 Å². The number of rotatable bonds is 3. The summed E-state index contributed by atoms with van der Waals surface area (Å²) in [4.78, 5) is 0. The van der Waals surface area contributed by atoms with Crippen LogP contribution < -0.4 is 0 Å². The Morgan fingerprint density at radius 3 is 1.37 bits per heavy atom. The van der Waals surface area contributed by atoms with Gasteiger partial charge in [0.1, 0.15) is 0 Å². The van der Waals surface area contributed by atoms with Gasteiger partial charge in [-0.2, -0.15) is 0 Å². The minimum absolute atomic E-state index is 0.795. The van der Waals surface area contributed by atoms with E-state index in [1.165, 1.54) is 0 Å². The molecule has 1 nitrogen and oxygen atoms in total. The molecule has 4 heteroatoms. The lowest BCUT2D eigenvalue weighted by Crippen LogP contribution is -2.43. The molecule has 0 atom stereocenters. The molecule has 0 fully saturated rings. The van der Waals surface area contributed by atoms with E-state index in [-0.39, 0.29) is 0 Å². The molecular formula is C15H13Cl3O.